The van der Waals surface area contributed by atoms with Gasteiger partial charge in [0.05, 0.1) is 25.4 Å². The molecular formula is C22H18BrNO2. The summed E-state index contributed by atoms with van der Waals surface area (Å²) in [6.45, 7) is 2.48. The molecule has 0 fully saturated rings. The average Bonchev–Trinajstić information content (AvgIpc) is 2.67. The fourth-order valence-electron chi connectivity index (χ4n) is 2.88. The first kappa shape index (κ1) is 18.0. The minimum atomic E-state index is 0.553. The molecule has 3 aromatic rings. The maximum absolute atomic E-state index is 9.77. The van der Waals surface area contributed by atoms with Crippen molar-refractivity contribution in [2.45, 2.75) is 6.92 Å². The number of benzene rings is 3. The summed E-state index contributed by atoms with van der Waals surface area (Å²) >= 11 is 3.57. The van der Waals surface area contributed by atoms with Gasteiger partial charge in [-0.25, -0.2) is 0 Å². The minimum absolute atomic E-state index is 0.553. The van der Waals surface area contributed by atoms with Crippen LogP contribution in [-0.4, -0.2) is 13.7 Å². The van der Waals surface area contributed by atoms with Gasteiger partial charge >= 0.3 is 0 Å². The highest BCUT2D eigenvalue weighted by Crippen LogP contribution is 2.36. The van der Waals surface area contributed by atoms with Crippen LogP contribution in [0.15, 0.2) is 59.1 Å². The number of allylic oxidation sites excluding steroid dienone is 1. The first-order valence-electron chi connectivity index (χ1n) is 8.28. The summed E-state index contributed by atoms with van der Waals surface area (Å²) in [5, 5.41) is 11.9. The van der Waals surface area contributed by atoms with E-state index in [-0.39, 0.29) is 0 Å². The second-order valence-corrected chi connectivity index (χ2v) is 6.51. The zero-order chi connectivity index (χ0) is 18.5. The van der Waals surface area contributed by atoms with E-state index in [1.165, 1.54) is 0 Å². The van der Waals surface area contributed by atoms with Crippen LogP contribution in [0.3, 0.4) is 0 Å². The van der Waals surface area contributed by atoms with Gasteiger partial charge in [0.1, 0.15) is 0 Å². The molecule has 0 spiro atoms. The molecule has 0 aromatic heterocycles. The molecule has 0 saturated carbocycles. The number of methoxy groups -OCH3 is 1. The van der Waals surface area contributed by atoms with Crippen molar-refractivity contribution in [1.29, 1.82) is 5.26 Å². The molecule has 0 aliphatic rings. The van der Waals surface area contributed by atoms with Crippen molar-refractivity contribution in [3.05, 3.63) is 70.2 Å². The average molecular weight is 408 g/mol. The zero-order valence-electron chi connectivity index (χ0n) is 14.6. The third-order valence-electron chi connectivity index (χ3n) is 4.08. The van der Waals surface area contributed by atoms with Crippen LogP contribution in [0.5, 0.6) is 11.5 Å². The molecule has 0 unspecified atom stereocenters. The van der Waals surface area contributed by atoms with Crippen LogP contribution in [0.1, 0.15) is 18.1 Å². The molecule has 4 heteroatoms. The molecule has 0 saturated heterocycles. The lowest BCUT2D eigenvalue weighted by Gasteiger charge is -2.12. The number of nitrogens with zero attached hydrogens (tertiary/aromatic N) is 1. The molecule has 3 rings (SSSR count). The van der Waals surface area contributed by atoms with Gasteiger partial charge in [0.2, 0.25) is 0 Å². The Morgan fingerprint density at radius 1 is 1.12 bits per heavy atom. The van der Waals surface area contributed by atoms with Gasteiger partial charge in [-0.15, -0.1) is 0 Å². The molecule has 0 radical (unpaired) electrons. The first-order chi connectivity index (χ1) is 12.7. The Balaban J connectivity index is 2.14. The van der Waals surface area contributed by atoms with Crippen molar-refractivity contribution in [3.63, 3.8) is 0 Å². The van der Waals surface area contributed by atoms with Gasteiger partial charge in [-0.05, 0) is 41.5 Å². The lowest BCUT2D eigenvalue weighted by molar-refractivity contribution is 0.310. The summed E-state index contributed by atoms with van der Waals surface area (Å²) < 4.78 is 11.9. The number of rotatable bonds is 5. The van der Waals surface area contributed by atoms with Gasteiger partial charge < -0.3 is 9.47 Å². The molecule has 0 N–H and O–H groups in total. The largest absolute Gasteiger partial charge is 0.493 e. The summed E-state index contributed by atoms with van der Waals surface area (Å²) in [4.78, 5) is 0. The molecule has 0 heterocycles. The molecule has 0 bridgehead atoms. The highest BCUT2D eigenvalue weighted by Gasteiger charge is 2.11. The van der Waals surface area contributed by atoms with Gasteiger partial charge in [0, 0.05) is 10.0 Å². The van der Waals surface area contributed by atoms with Gasteiger partial charge in [0.25, 0.3) is 0 Å². The summed E-state index contributed by atoms with van der Waals surface area (Å²) in [7, 11) is 1.61. The second kappa shape index (κ2) is 8.07. The molecular weight excluding hydrogens is 390 g/mol. The van der Waals surface area contributed by atoms with Crippen molar-refractivity contribution < 1.29 is 9.47 Å². The van der Waals surface area contributed by atoms with Crippen LogP contribution >= 0.6 is 15.9 Å². The Morgan fingerprint density at radius 3 is 2.62 bits per heavy atom. The lowest BCUT2D eigenvalue weighted by atomic mass is 9.97. The van der Waals surface area contributed by atoms with E-state index in [1.807, 2.05) is 67.6 Å². The lowest BCUT2D eigenvalue weighted by Crippen LogP contribution is -1.96. The molecule has 3 nitrogen and oxygen atoms in total. The van der Waals surface area contributed by atoms with E-state index in [0.717, 1.165) is 26.4 Å². The van der Waals surface area contributed by atoms with Gasteiger partial charge in [-0.2, -0.15) is 5.26 Å². The first-order valence-corrected chi connectivity index (χ1v) is 9.07. The van der Waals surface area contributed by atoms with E-state index in [4.69, 9.17) is 9.47 Å². The monoisotopic (exact) mass is 407 g/mol. The van der Waals surface area contributed by atoms with E-state index in [2.05, 4.69) is 22.0 Å². The third-order valence-corrected chi connectivity index (χ3v) is 4.77. The molecule has 0 amide bonds. The topological polar surface area (TPSA) is 42.2 Å². The fourth-order valence-corrected chi connectivity index (χ4v) is 3.31. The Kier molecular flexibility index (Phi) is 5.60. The van der Waals surface area contributed by atoms with Crippen molar-refractivity contribution in [1.82, 2.24) is 0 Å². The Labute approximate surface area is 161 Å². The number of nitriles is 1. The predicted molar refractivity (Wildman–Crippen MR) is 109 cm³/mol. The van der Waals surface area contributed by atoms with E-state index in [0.29, 0.717) is 23.7 Å². The zero-order valence-corrected chi connectivity index (χ0v) is 16.2. The smallest absolute Gasteiger partial charge is 0.162 e. The predicted octanol–water partition coefficient (Wildman–Crippen LogP) is 6.07. The maximum atomic E-state index is 9.77. The van der Waals surface area contributed by atoms with E-state index in [1.54, 1.807) is 7.11 Å². The SMILES string of the molecule is CCOc1cc(Br)c(/C=C(\C#N)c2cccc3ccccc23)cc1OC. The molecule has 130 valence electrons. The Morgan fingerprint density at radius 2 is 1.88 bits per heavy atom. The van der Waals surface area contributed by atoms with E-state index >= 15 is 0 Å². The van der Waals surface area contributed by atoms with Crippen molar-refractivity contribution in [2.75, 3.05) is 13.7 Å². The normalized spacial score (nSPS) is 11.2. The van der Waals surface area contributed by atoms with Crippen molar-refractivity contribution in [2.24, 2.45) is 0 Å². The second-order valence-electron chi connectivity index (χ2n) is 5.65. The minimum Gasteiger partial charge on any atom is -0.493 e. The van der Waals surface area contributed by atoms with Crippen LogP contribution in [-0.2, 0) is 0 Å². The summed E-state index contributed by atoms with van der Waals surface area (Å²) in [6, 6.07) is 20.1. The van der Waals surface area contributed by atoms with E-state index in [9.17, 15) is 5.26 Å². The molecule has 0 atom stereocenters. The molecule has 26 heavy (non-hydrogen) atoms. The van der Waals surface area contributed by atoms with Crippen LogP contribution < -0.4 is 9.47 Å². The Hall–Kier alpha value is -2.77. The molecule has 0 aliphatic carbocycles. The van der Waals surface area contributed by atoms with Gasteiger partial charge in [-0.3, -0.25) is 0 Å². The summed E-state index contributed by atoms with van der Waals surface area (Å²) in [6.07, 6.45) is 1.87. The Bertz CT molecular complexity index is 1010. The third kappa shape index (κ3) is 3.58. The van der Waals surface area contributed by atoms with Crippen molar-refractivity contribution >= 4 is 38.4 Å². The number of ether oxygens (including phenoxy) is 2. The number of halogens is 1. The highest BCUT2D eigenvalue weighted by molar-refractivity contribution is 9.10. The quantitative estimate of drug-likeness (QED) is 0.380. The van der Waals surface area contributed by atoms with Crippen LogP contribution in [0, 0.1) is 11.3 Å². The fraction of sp³-hybridized carbons (Fsp3) is 0.136. The molecule has 0 aliphatic heterocycles. The summed E-state index contributed by atoms with van der Waals surface area (Å²) in [5.41, 5.74) is 2.36. The highest BCUT2D eigenvalue weighted by atomic mass is 79.9. The number of hydrogen-bond donors (Lipinski definition) is 0. The van der Waals surface area contributed by atoms with Crippen LogP contribution in [0.25, 0.3) is 22.4 Å². The van der Waals surface area contributed by atoms with Crippen molar-refractivity contribution in [3.8, 4) is 17.6 Å². The van der Waals surface area contributed by atoms with Gasteiger partial charge in [-0.1, -0.05) is 58.4 Å². The maximum Gasteiger partial charge on any atom is 0.162 e. The molecule has 3 aromatic carbocycles. The van der Waals surface area contributed by atoms with Gasteiger partial charge in [0.15, 0.2) is 11.5 Å². The number of hydrogen-bond acceptors (Lipinski definition) is 3. The number of fused-ring (bicyclic) bond motifs is 1. The van der Waals surface area contributed by atoms with Crippen LogP contribution in [0.4, 0.5) is 0 Å². The van der Waals surface area contributed by atoms with E-state index < -0.39 is 0 Å². The standard InChI is InChI=1S/C22H18BrNO2/c1-3-26-22-13-20(23)16(12-21(22)25-2)11-17(14-24)19-10-6-8-15-7-4-5-9-18(15)19/h4-13H,3H2,1-2H3/b17-11+. The summed E-state index contributed by atoms with van der Waals surface area (Å²) in [5.74, 6) is 1.30. The van der Waals surface area contributed by atoms with Crippen LogP contribution in [0.2, 0.25) is 0 Å².